The quantitative estimate of drug-likeness (QED) is 0.341. The van der Waals surface area contributed by atoms with Crippen LogP contribution in [0.25, 0.3) is 10.9 Å². The summed E-state index contributed by atoms with van der Waals surface area (Å²) in [5.74, 6) is 0. The number of thiocarbonyl (C=S) groups is 1. The van der Waals surface area contributed by atoms with Crippen molar-refractivity contribution in [3.8, 4) is 0 Å². The van der Waals surface area contributed by atoms with Crippen LogP contribution in [-0.2, 0) is 19.6 Å². The number of aryl methyl sites for hydroxylation is 1. The van der Waals surface area contributed by atoms with Gasteiger partial charge in [-0.25, -0.2) is 0 Å². The van der Waals surface area contributed by atoms with E-state index in [2.05, 4.69) is 76.4 Å². The molecule has 4 rings (SSSR count). The maximum absolute atomic E-state index is 6.15. The van der Waals surface area contributed by atoms with Crippen LogP contribution in [0.15, 0.2) is 85.1 Å². The molecule has 0 atom stereocenters. The fourth-order valence-electron chi connectivity index (χ4n) is 3.69. The highest BCUT2D eigenvalue weighted by Crippen LogP contribution is 2.24. The highest BCUT2D eigenvalue weighted by atomic mass is 35.5. The zero-order valence-corrected chi connectivity index (χ0v) is 18.5. The summed E-state index contributed by atoms with van der Waals surface area (Å²) in [5.41, 5.74) is 4.62. The molecular formula is C25H24ClN3S. The molecule has 0 aliphatic carbocycles. The number of nitrogens with zero attached hydrogens (tertiary/aromatic N) is 2. The summed E-state index contributed by atoms with van der Waals surface area (Å²) in [4.78, 5) is 2.20. The Kier molecular flexibility index (Phi) is 6.36. The Hall–Kier alpha value is -2.82. The Morgan fingerprint density at radius 1 is 0.967 bits per heavy atom. The Bertz CT molecular complexity index is 1150. The largest absolute Gasteiger partial charge is 0.347 e. The molecule has 0 spiro atoms. The number of rotatable bonds is 6. The molecule has 3 aromatic carbocycles. The normalized spacial score (nSPS) is 10.9. The minimum Gasteiger partial charge on any atom is -0.347 e. The van der Waals surface area contributed by atoms with Gasteiger partial charge in [0.05, 0.1) is 0 Å². The molecule has 1 heterocycles. The third-order valence-electron chi connectivity index (χ3n) is 5.15. The summed E-state index contributed by atoms with van der Waals surface area (Å²) in [6, 6.07) is 26.6. The van der Waals surface area contributed by atoms with E-state index >= 15 is 0 Å². The molecule has 5 heteroatoms. The van der Waals surface area contributed by atoms with Gasteiger partial charge < -0.3 is 14.8 Å². The maximum Gasteiger partial charge on any atom is 0.174 e. The summed E-state index contributed by atoms with van der Waals surface area (Å²) in [7, 11) is 0. The third-order valence-corrected chi connectivity index (χ3v) is 5.75. The first-order chi connectivity index (χ1) is 14.6. The monoisotopic (exact) mass is 433 g/mol. The lowest BCUT2D eigenvalue weighted by molar-refractivity contribution is 0.414. The number of para-hydroxylation sites is 1. The predicted molar refractivity (Wildman–Crippen MR) is 131 cm³/mol. The molecule has 0 amide bonds. The van der Waals surface area contributed by atoms with Crippen molar-refractivity contribution in [3.63, 3.8) is 0 Å². The lowest BCUT2D eigenvalue weighted by Crippen LogP contribution is -2.33. The van der Waals surface area contributed by atoms with Gasteiger partial charge in [-0.1, -0.05) is 66.2 Å². The zero-order valence-electron chi connectivity index (χ0n) is 16.9. The second-order valence-electron chi connectivity index (χ2n) is 7.24. The first-order valence-corrected chi connectivity index (χ1v) is 10.8. The molecular weight excluding hydrogens is 410 g/mol. The number of fused-ring (bicyclic) bond motifs is 1. The van der Waals surface area contributed by atoms with Crippen molar-refractivity contribution >= 4 is 45.5 Å². The van der Waals surface area contributed by atoms with Crippen molar-refractivity contribution < 1.29 is 0 Å². The van der Waals surface area contributed by atoms with E-state index in [9.17, 15) is 0 Å². The van der Waals surface area contributed by atoms with Crippen LogP contribution in [0.1, 0.15) is 18.1 Å². The summed E-state index contributed by atoms with van der Waals surface area (Å²) in [6.07, 6.45) is 2.24. The van der Waals surface area contributed by atoms with Crippen molar-refractivity contribution in [1.29, 1.82) is 0 Å². The number of anilines is 1. The molecule has 3 nitrogen and oxygen atoms in total. The third kappa shape index (κ3) is 4.66. The minimum atomic E-state index is 0.675. The van der Waals surface area contributed by atoms with Crippen molar-refractivity contribution in [1.82, 2.24) is 9.47 Å². The van der Waals surface area contributed by atoms with Crippen LogP contribution in [0.2, 0.25) is 5.02 Å². The molecule has 0 fully saturated rings. The van der Waals surface area contributed by atoms with Crippen LogP contribution < -0.4 is 5.32 Å². The Morgan fingerprint density at radius 2 is 1.73 bits per heavy atom. The van der Waals surface area contributed by atoms with E-state index in [4.69, 9.17) is 23.8 Å². The Balaban J connectivity index is 1.64. The molecule has 1 aromatic heterocycles. The van der Waals surface area contributed by atoms with E-state index in [1.54, 1.807) is 0 Å². The van der Waals surface area contributed by atoms with Crippen molar-refractivity contribution in [2.24, 2.45) is 0 Å². The second-order valence-corrected chi connectivity index (χ2v) is 8.06. The Morgan fingerprint density at radius 3 is 2.50 bits per heavy atom. The van der Waals surface area contributed by atoms with E-state index in [1.807, 2.05) is 30.3 Å². The average molecular weight is 434 g/mol. The molecule has 30 heavy (non-hydrogen) atoms. The number of aromatic nitrogens is 1. The molecule has 0 saturated carbocycles. The van der Waals surface area contributed by atoms with Crippen molar-refractivity contribution in [2.45, 2.75) is 26.6 Å². The fraction of sp³-hybridized carbons (Fsp3) is 0.160. The van der Waals surface area contributed by atoms with Crippen LogP contribution in [-0.4, -0.2) is 14.6 Å². The van der Waals surface area contributed by atoms with Gasteiger partial charge in [0.2, 0.25) is 0 Å². The highest BCUT2D eigenvalue weighted by molar-refractivity contribution is 7.80. The molecule has 0 saturated heterocycles. The van der Waals surface area contributed by atoms with E-state index in [-0.39, 0.29) is 0 Å². The van der Waals surface area contributed by atoms with E-state index in [0.717, 1.165) is 25.3 Å². The molecule has 0 bridgehead atoms. The smallest absolute Gasteiger partial charge is 0.174 e. The van der Waals surface area contributed by atoms with Crippen LogP contribution in [0, 0.1) is 0 Å². The first-order valence-electron chi connectivity index (χ1n) is 10.1. The van der Waals surface area contributed by atoms with Gasteiger partial charge in [-0.2, -0.15) is 0 Å². The van der Waals surface area contributed by atoms with Gasteiger partial charge in [0, 0.05) is 47.4 Å². The molecule has 4 aromatic rings. The Labute approximate surface area is 187 Å². The molecule has 0 aliphatic rings. The maximum atomic E-state index is 6.15. The second kappa shape index (κ2) is 9.33. The van der Waals surface area contributed by atoms with Crippen LogP contribution in [0.4, 0.5) is 5.69 Å². The number of hydrogen-bond donors (Lipinski definition) is 1. The van der Waals surface area contributed by atoms with Crippen LogP contribution >= 0.6 is 23.8 Å². The fourth-order valence-corrected chi connectivity index (χ4v) is 4.13. The van der Waals surface area contributed by atoms with Crippen molar-refractivity contribution in [2.75, 3.05) is 5.32 Å². The molecule has 0 aliphatic heterocycles. The highest BCUT2D eigenvalue weighted by Gasteiger charge is 2.15. The van der Waals surface area contributed by atoms with E-state index < -0.39 is 0 Å². The number of halogens is 1. The average Bonchev–Trinajstić information content (AvgIpc) is 3.12. The van der Waals surface area contributed by atoms with E-state index in [0.29, 0.717) is 10.1 Å². The molecule has 152 valence electrons. The number of nitrogens with one attached hydrogen (secondary N) is 1. The number of hydrogen-bond acceptors (Lipinski definition) is 1. The van der Waals surface area contributed by atoms with Gasteiger partial charge in [0.25, 0.3) is 0 Å². The van der Waals surface area contributed by atoms with Gasteiger partial charge >= 0.3 is 0 Å². The van der Waals surface area contributed by atoms with Crippen molar-refractivity contribution in [3.05, 3.63) is 101 Å². The molecule has 1 N–H and O–H groups in total. The topological polar surface area (TPSA) is 20.2 Å². The van der Waals surface area contributed by atoms with Gasteiger partial charge in [0.1, 0.15) is 0 Å². The van der Waals surface area contributed by atoms with Gasteiger partial charge in [-0.15, -0.1) is 0 Å². The summed E-state index contributed by atoms with van der Waals surface area (Å²) >= 11 is 12.0. The zero-order chi connectivity index (χ0) is 20.9. The lowest BCUT2D eigenvalue weighted by atomic mass is 10.1. The first kappa shape index (κ1) is 20.5. The molecule has 0 unspecified atom stereocenters. The summed E-state index contributed by atoms with van der Waals surface area (Å²) in [5, 5.41) is 5.98. The SMILES string of the molecule is CCn1cc(CN(Cc2ccccc2)C(=S)Nc2cccc(Cl)c2)c2ccccc21. The lowest BCUT2D eigenvalue weighted by Gasteiger charge is -2.26. The summed E-state index contributed by atoms with van der Waals surface area (Å²) in [6.45, 7) is 4.54. The van der Waals surface area contributed by atoms with Gasteiger partial charge in [-0.05, 0) is 54.5 Å². The van der Waals surface area contributed by atoms with Gasteiger partial charge in [0.15, 0.2) is 5.11 Å². The number of benzene rings is 3. The van der Waals surface area contributed by atoms with Gasteiger partial charge in [-0.3, -0.25) is 0 Å². The predicted octanol–water partition coefficient (Wildman–Crippen LogP) is 6.71. The summed E-state index contributed by atoms with van der Waals surface area (Å²) < 4.78 is 2.29. The minimum absolute atomic E-state index is 0.675. The standard InChI is InChI=1S/C25H24ClN3S/c1-2-28-17-20(23-13-6-7-14-24(23)28)18-29(16-19-9-4-3-5-10-19)25(30)27-22-12-8-11-21(26)15-22/h3-15,17H,2,16,18H2,1H3,(H,27,30). The van der Waals surface area contributed by atoms with E-state index in [1.165, 1.54) is 22.0 Å². The van der Waals surface area contributed by atoms with Crippen LogP contribution in [0.5, 0.6) is 0 Å². The molecule has 0 radical (unpaired) electrons. The van der Waals surface area contributed by atoms with Crippen LogP contribution in [0.3, 0.4) is 0 Å².